The smallest absolute Gasteiger partial charge is 0.343 e. The summed E-state index contributed by atoms with van der Waals surface area (Å²) in [5.41, 5.74) is 1.70. The molecule has 2 aliphatic heterocycles. The molecule has 0 radical (unpaired) electrons. The van der Waals surface area contributed by atoms with Gasteiger partial charge in [0.1, 0.15) is 17.6 Å². The van der Waals surface area contributed by atoms with Gasteiger partial charge in [0.15, 0.2) is 16.9 Å². The predicted octanol–water partition coefficient (Wildman–Crippen LogP) is 4.63. The summed E-state index contributed by atoms with van der Waals surface area (Å²) in [6.07, 6.45) is -0.806. The molecule has 40 heavy (non-hydrogen) atoms. The molecule has 0 fully saturated rings. The Bertz CT molecular complexity index is 1920. The summed E-state index contributed by atoms with van der Waals surface area (Å²) >= 11 is 0. The number of aromatic nitrogens is 2. The van der Waals surface area contributed by atoms with E-state index in [1.165, 1.54) is 0 Å². The van der Waals surface area contributed by atoms with E-state index in [-0.39, 0.29) is 29.5 Å². The number of methoxy groups -OCH3 is 2. The van der Waals surface area contributed by atoms with Crippen molar-refractivity contribution in [3.8, 4) is 22.9 Å². The second-order valence-electron chi connectivity index (χ2n) is 10.2. The number of hydrogen-bond acceptors (Lipinski definition) is 8. The Labute approximate surface area is 228 Å². The van der Waals surface area contributed by atoms with Crippen LogP contribution in [0.3, 0.4) is 0 Å². The Morgan fingerprint density at radius 1 is 1.07 bits per heavy atom. The Morgan fingerprint density at radius 3 is 2.67 bits per heavy atom. The molecule has 0 bridgehead atoms. The van der Waals surface area contributed by atoms with E-state index in [0.29, 0.717) is 40.8 Å². The van der Waals surface area contributed by atoms with E-state index in [9.17, 15) is 14.7 Å². The second-order valence-corrected chi connectivity index (χ2v) is 10.2. The fraction of sp³-hybridized carbons (Fsp3) is 0.258. The van der Waals surface area contributed by atoms with Crippen molar-refractivity contribution in [3.05, 3.63) is 87.4 Å². The average Bonchev–Trinajstić information content (AvgIpc) is 3.54. The number of aliphatic hydroxyl groups is 1. The highest BCUT2D eigenvalue weighted by Gasteiger charge is 2.49. The average molecular weight is 539 g/mol. The summed E-state index contributed by atoms with van der Waals surface area (Å²) in [7, 11) is 3.11. The standard InChI is InChI=1S/C31H26N2O7/c1-4-31(36)21-14-23-27-18(9-16-7-5-6-8-22(16)32-27)15-33(23)29(34)26(21)24(40-30(31)35)13-20-11-17-10-19(37-2)12-25(38-3)28(17)39-20/h5-12,14,24,36H,4,13,15H2,1-3H3/t24?,31-/m0/s1. The van der Waals surface area contributed by atoms with Crippen LogP contribution in [0.1, 0.15) is 41.9 Å². The zero-order valence-electron chi connectivity index (χ0n) is 22.2. The Morgan fingerprint density at radius 2 is 1.90 bits per heavy atom. The number of cyclic esters (lactones) is 1. The van der Waals surface area contributed by atoms with Gasteiger partial charge in [0.05, 0.1) is 43.2 Å². The first-order valence-electron chi connectivity index (χ1n) is 13.1. The van der Waals surface area contributed by atoms with Gasteiger partial charge in [-0.05, 0) is 36.8 Å². The third kappa shape index (κ3) is 3.40. The molecule has 0 aliphatic carbocycles. The molecular weight excluding hydrogens is 512 g/mol. The predicted molar refractivity (Wildman–Crippen MR) is 147 cm³/mol. The van der Waals surface area contributed by atoms with Crippen molar-refractivity contribution in [3.63, 3.8) is 0 Å². The number of fused-ring (bicyclic) bond motifs is 6. The molecule has 5 aromatic rings. The molecule has 0 saturated heterocycles. The van der Waals surface area contributed by atoms with E-state index in [2.05, 4.69) is 0 Å². The van der Waals surface area contributed by atoms with Crippen LogP contribution in [0.2, 0.25) is 0 Å². The maximum atomic E-state index is 14.1. The third-order valence-corrected chi connectivity index (χ3v) is 8.03. The number of esters is 1. The monoisotopic (exact) mass is 538 g/mol. The topological polar surface area (TPSA) is 113 Å². The minimum absolute atomic E-state index is 0.0497. The number of rotatable bonds is 5. The molecular formula is C31H26N2O7. The van der Waals surface area contributed by atoms with E-state index >= 15 is 0 Å². The first-order valence-corrected chi connectivity index (χ1v) is 13.1. The van der Waals surface area contributed by atoms with Gasteiger partial charge < -0.3 is 28.3 Å². The quantitative estimate of drug-likeness (QED) is 0.316. The summed E-state index contributed by atoms with van der Waals surface area (Å²) in [5.74, 6) is 0.802. The number of carbonyl (C=O) groups excluding carboxylic acids is 1. The van der Waals surface area contributed by atoms with Gasteiger partial charge in [0.2, 0.25) is 0 Å². The highest BCUT2D eigenvalue weighted by atomic mass is 16.6. The molecule has 202 valence electrons. The molecule has 5 heterocycles. The molecule has 1 unspecified atom stereocenters. The summed E-state index contributed by atoms with van der Waals surface area (Å²) in [4.78, 5) is 32.2. The van der Waals surface area contributed by atoms with E-state index < -0.39 is 17.7 Å². The van der Waals surface area contributed by atoms with Crippen LogP contribution in [-0.2, 0) is 28.1 Å². The highest BCUT2D eigenvalue weighted by Crippen LogP contribution is 2.43. The van der Waals surface area contributed by atoms with Crippen molar-refractivity contribution < 1.29 is 28.5 Å². The number of para-hydroxylation sites is 1. The number of carbonyl (C=O) groups is 1. The lowest BCUT2D eigenvalue weighted by molar-refractivity contribution is -0.178. The van der Waals surface area contributed by atoms with Crippen molar-refractivity contribution in [1.29, 1.82) is 0 Å². The van der Waals surface area contributed by atoms with Crippen molar-refractivity contribution in [1.82, 2.24) is 9.55 Å². The number of pyridine rings is 2. The zero-order valence-corrected chi connectivity index (χ0v) is 22.2. The molecule has 9 nitrogen and oxygen atoms in total. The van der Waals surface area contributed by atoms with E-state index in [1.807, 2.05) is 42.5 Å². The van der Waals surface area contributed by atoms with Crippen molar-refractivity contribution in [2.24, 2.45) is 0 Å². The fourth-order valence-electron chi connectivity index (χ4n) is 5.92. The molecule has 0 amide bonds. The normalized spacial score (nSPS) is 19.3. The van der Waals surface area contributed by atoms with Gasteiger partial charge in [-0.15, -0.1) is 0 Å². The van der Waals surface area contributed by atoms with Gasteiger partial charge >= 0.3 is 5.97 Å². The van der Waals surface area contributed by atoms with Crippen LogP contribution in [0.15, 0.2) is 63.8 Å². The van der Waals surface area contributed by atoms with Crippen molar-refractivity contribution in [2.75, 3.05) is 14.2 Å². The molecule has 3 aromatic heterocycles. The van der Waals surface area contributed by atoms with Crippen molar-refractivity contribution >= 4 is 27.8 Å². The van der Waals surface area contributed by atoms with Gasteiger partial charge in [-0.3, -0.25) is 4.79 Å². The summed E-state index contributed by atoms with van der Waals surface area (Å²) in [6.45, 7) is 2.02. The van der Waals surface area contributed by atoms with Gasteiger partial charge in [-0.25, -0.2) is 9.78 Å². The molecule has 2 aliphatic rings. The Kier molecular flexibility index (Phi) is 5.30. The summed E-state index contributed by atoms with van der Waals surface area (Å²) < 4.78 is 24.3. The molecule has 0 saturated carbocycles. The third-order valence-electron chi connectivity index (χ3n) is 8.03. The summed E-state index contributed by atoms with van der Waals surface area (Å²) in [6, 6.07) is 16.9. The number of furan rings is 1. The Hall–Kier alpha value is -4.63. The molecule has 2 aromatic carbocycles. The molecule has 7 rings (SSSR count). The first kappa shape index (κ1) is 24.4. The number of ether oxygens (including phenoxy) is 3. The van der Waals surface area contributed by atoms with Crippen LogP contribution in [0.25, 0.3) is 33.3 Å². The SMILES string of the molecule is CC[C@@]1(O)C(=O)OC(Cc2cc3cc(OC)cc(OC)c3o2)c2c1cc1n(c2=O)Cc2cc3ccccc3nc2-1. The van der Waals surface area contributed by atoms with Gasteiger partial charge in [-0.1, -0.05) is 25.1 Å². The lowest BCUT2D eigenvalue weighted by Gasteiger charge is -2.36. The number of hydrogen-bond donors (Lipinski definition) is 1. The highest BCUT2D eigenvalue weighted by molar-refractivity contribution is 5.87. The van der Waals surface area contributed by atoms with Crippen LogP contribution in [0, 0.1) is 0 Å². The van der Waals surface area contributed by atoms with Gasteiger partial charge in [0.25, 0.3) is 5.56 Å². The summed E-state index contributed by atoms with van der Waals surface area (Å²) in [5, 5.41) is 13.2. The van der Waals surface area contributed by atoms with E-state index in [4.69, 9.17) is 23.6 Å². The lowest BCUT2D eigenvalue weighted by Crippen LogP contribution is -2.46. The molecule has 0 spiro atoms. The lowest BCUT2D eigenvalue weighted by atomic mass is 9.82. The minimum Gasteiger partial charge on any atom is -0.497 e. The Balaban J connectivity index is 1.38. The van der Waals surface area contributed by atoms with Gasteiger partial charge in [-0.2, -0.15) is 0 Å². The largest absolute Gasteiger partial charge is 0.497 e. The fourth-order valence-corrected chi connectivity index (χ4v) is 5.92. The molecule has 1 N–H and O–H groups in total. The van der Waals surface area contributed by atoms with E-state index in [1.54, 1.807) is 37.8 Å². The van der Waals surface area contributed by atoms with Crippen LogP contribution in [0.4, 0.5) is 0 Å². The maximum absolute atomic E-state index is 14.1. The zero-order chi connectivity index (χ0) is 27.8. The number of benzene rings is 2. The van der Waals surface area contributed by atoms with E-state index in [0.717, 1.165) is 21.9 Å². The molecule has 2 atom stereocenters. The first-order chi connectivity index (χ1) is 19.3. The van der Waals surface area contributed by atoms with Crippen LogP contribution < -0.4 is 15.0 Å². The van der Waals surface area contributed by atoms with Crippen molar-refractivity contribution in [2.45, 2.75) is 38.0 Å². The molecule has 9 heteroatoms. The minimum atomic E-state index is -1.95. The second kappa shape index (κ2) is 8.69. The van der Waals surface area contributed by atoms with Crippen LogP contribution in [0.5, 0.6) is 11.5 Å². The maximum Gasteiger partial charge on any atom is 0.343 e. The van der Waals surface area contributed by atoms with Gasteiger partial charge in [0, 0.05) is 34.4 Å². The van der Waals surface area contributed by atoms with Crippen LogP contribution >= 0.6 is 0 Å². The van der Waals surface area contributed by atoms with Crippen LogP contribution in [-0.4, -0.2) is 34.8 Å². The number of nitrogens with zero attached hydrogens (tertiary/aromatic N) is 2.